The molecule has 2 atom stereocenters. The second-order valence-corrected chi connectivity index (χ2v) is 9.01. The maximum atomic E-state index is 12.6. The minimum atomic E-state index is -3.86. The normalized spacial score (nSPS) is 20.5. The Bertz CT molecular complexity index is 921. The molecular formula is C20H24N2O4S. The van der Waals surface area contributed by atoms with Crippen LogP contribution in [0.15, 0.2) is 53.4 Å². The molecule has 2 aromatic rings. The molecule has 1 saturated heterocycles. The summed E-state index contributed by atoms with van der Waals surface area (Å²) in [5, 5.41) is 10.5. The van der Waals surface area contributed by atoms with E-state index >= 15 is 0 Å². The van der Waals surface area contributed by atoms with E-state index in [1.54, 1.807) is 12.1 Å². The lowest BCUT2D eigenvalue weighted by molar-refractivity contribution is -0.169. The first kappa shape index (κ1) is 19.5. The van der Waals surface area contributed by atoms with E-state index in [-0.39, 0.29) is 17.2 Å². The monoisotopic (exact) mass is 388 g/mol. The second-order valence-electron chi connectivity index (χ2n) is 7.29. The number of benzene rings is 2. The molecular weight excluding hydrogens is 364 g/mol. The van der Waals surface area contributed by atoms with Gasteiger partial charge in [0.1, 0.15) is 6.04 Å². The second kappa shape index (κ2) is 7.42. The zero-order valence-corrected chi connectivity index (χ0v) is 16.4. The standard InChI is InChI=1S/C20H24N2O4S/c1-13(2)19-12-18(20(23)22(19)24)21-27(25,26)17-10-8-16(9-11-17)15-6-4-14(3)5-7-15/h4-11,13,18-19,21,24H,12H2,1-3H3/t18-,19-/m1/s1. The quantitative estimate of drug-likeness (QED) is 0.771. The first-order valence-electron chi connectivity index (χ1n) is 8.90. The molecule has 0 saturated carbocycles. The predicted octanol–water partition coefficient (Wildman–Crippen LogP) is 2.96. The Hall–Kier alpha value is -2.22. The summed E-state index contributed by atoms with van der Waals surface area (Å²) in [6.07, 6.45) is 0.244. The molecule has 1 aliphatic heterocycles. The molecule has 144 valence electrons. The van der Waals surface area contributed by atoms with Crippen LogP contribution < -0.4 is 4.72 Å². The molecule has 0 spiro atoms. The Labute approximate surface area is 159 Å². The lowest BCUT2D eigenvalue weighted by atomic mass is 10.0. The molecule has 0 aromatic heterocycles. The average Bonchev–Trinajstić information content (AvgIpc) is 2.91. The molecule has 1 fully saturated rings. The van der Waals surface area contributed by atoms with Gasteiger partial charge in [-0.2, -0.15) is 4.72 Å². The highest BCUT2D eigenvalue weighted by Gasteiger charge is 2.42. The number of carbonyl (C=O) groups excluding carboxylic acids is 1. The van der Waals surface area contributed by atoms with Crippen LogP contribution in [0.5, 0.6) is 0 Å². The summed E-state index contributed by atoms with van der Waals surface area (Å²) in [5.74, 6) is -0.587. The number of hydrogen-bond acceptors (Lipinski definition) is 4. The van der Waals surface area contributed by atoms with Crippen LogP contribution in [0.4, 0.5) is 0 Å². The van der Waals surface area contributed by atoms with E-state index in [9.17, 15) is 18.4 Å². The highest BCUT2D eigenvalue weighted by atomic mass is 32.2. The first-order valence-corrected chi connectivity index (χ1v) is 10.4. The summed E-state index contributed by atoms with van der Waals surface area (Å²) < 4.78 is 27.7. The third-order valence-electron chi connectivity index (χ3n) is 4.93. The molecule has 6 nitrogen and oxygen atoms in total. The van der Waals surface area contributed by atoms with Gasteiger partial charge in [-0.05, 0) is 42.5 Å². The van der Waals surface area contributed by atoms with Crippen molar-refractivity contribution in [1.82, 2.24) is 9.79 Å². The Morgan fingerprint density at radius 3 is 2.04 bits per heavy atom. The van der Waals surface area contributed by atoms with Crippen molar-refractivity contribution in [2.75, 3.05) is 0 Å². The van der Waals surface area contributed by atoms with E-state index in [1.165, 1.54) is 12.1 Å². The number of aryl methyl sites for hydroxylation is 1. The topological polar surface area (TPSA) is 86.7 Å². The van der Waals surface area contributed by atoms with Crippen molar-refractivity contribution in [3.8, 4) is 11.1 Å². The van der Waals surface area contributed by atoms with Crippen LogP contribution >= 0.6 is 0 Å². The summed E-state index contributed by atoms with van der Waals surface area (Å²) in [7, 11) is -3.86. The van der Waals surface area contributed by atoms with Gasteiger partial charge in [-0.15, -0.1) is 0 Å². The van der Waals surface area contributed by atoms with Gasteiger partial charge in [0.05, 0.1) is 10.9 Å². The van der Waals surface area contributed by atoms with Crippen molar-refractivity contribution < 1.29 is 18.4 Å². The third-order valence-corrected chi connectivity index (χ3v) is 6.42. The fourth-order valence-corrected chi connectivity index (χ4v) is 4.45. The molecule has 0 bridgehead atoms. The van der Waals surface area contributed by atoms with Crippen LogP contribution in [-0.4, -0.2) is 36.7 Å². The van der Waals surface area contributed by atoms with Crippen molar-refractivity contribution in [2.45, 2.75) is 44.2 Å². The lowest BCUT2D eigenvalue weighted by Gasteiger charge is -2.20. The van der Waals surface area contributed by atoms with Gasteiger partial charge in [-0.1, -0.05) is 55.8 Å². The summed E-state index contributed by atoms with van der Waals surface area (Å²) in [6, 6.07) is 13.1. The van der Waals surface area contributed by atoms with Crippen LogP contribution in [0.25, 0.3) is 11.1 Å². The smallest absolute Gasteiger partial charge is 0.264 e. The van der Waals surface area contributed by atoms with Gasteiger partial charge in [0.15, 0.2) is 0 Å². The molecule has 27 heavy (non-hydrogen) atoms. The first-order chi connectivity index (χ1) is 12.7. The molecule has 0 radical (unpaired) electrons. The van der Waals surface area contributed by atoms with E-state index in [1.807, 2.05) is 45.0 Å². The maximum Gasteiger partial charge on any atom is 0.264 e. The van der Waals surface area contributed by atoms with Gasteiger partial charge < -0.3 is 0 Å². The average molecular weight is 388 g/mol. The van der Waals surface area contributed by atoms with Crippen LogP contribution in [0.1, 0.15) is 25.8 Å². The molecule has 1 amide bonds. The number of nitrogens with one attached hydrogen (secondary N) is 1. The van der Waals surface area contributed by atoms with Crippen molar-refractivity contribution in [3.63, 3.8) is 0 Å². The molecule has 7 heteroatoms. The minimum Gasteiger partial charge on any atom is -0.286 e. The van der Waals surface area contributed by atoms with E-state index in [4.69, 9.17) is 0 Å². The van der Waals surface area contributed by atoms with Crippen LogP contribution in [0.2, 0.25) is 0 Å². The number of hydroxylamine groups is 2. The lowest BCUT2D eigenvalue weighted by Crippen LogP contribution is -2.41. The van der Waals surface area contributed by atoms with Crippen LogP contribution in [0.3, 0.4) is 0 Å². The highest BCUT2D eigenvalue weighted by Crippen LogP contribution is 2.26. The molecule has 2 N–H and O–H groups in total. The number of amides is 1. The van der Waals surface area contributed by atoms with Crippen LogP contribution in [0, 0.1) is 12.8 Å². The third kappa shape index (κ3) is 4.05. The predicted molar refractivity (Wildman–Crippen MR) is 103 cm³/mol. The summed E-state index contributed by atoms with van der Waals surface area (Å²) in [5.41, 5.74) is 3.06. The van der Waals surface area contributed by atoms with Gasteiger partial charge in [0.2, 0.25) is 10.0 Å². The minimum absolute atomic E-state index is 0.0299. The molecule has 1 heterocycles. The Balaban J connectivity index is 1.77. The highest BCUT2D eigenvalue weighted by molar-refractivity contribution is 7.89. The molecule has 1 aliphatic rings. The Morgan fingerprint density at radius 1 is 1.04 bits per heavy atom. The van der Waals surface area contributed by atoms with Gasteiger partial charge >= 0.3 is 0 Å². The summed E-state index contributed by atoms with van der Waals surface area (Å²) in [4.78, 5) is 12.2. The van der Waals surface area contributed by atoms with Crippen molar-refractivity contribution in [2.24, 2.45) is 5.92 Å². The summed E-state index contributed by atoms with van der Waals surface area (Å²) >= 11 is 0. The van der Waals surface area contributed by atoms with E-state index < -0.39 is 28.0 Å². The van der Waals surface area contributed by atoms with Gasteiger partial charge in [-0.3, -0.25) is 10.0 Å². The van der Waals surface area contributed by atoms with Crippen molar-refractivity contribution in [1.29, 1.82) is 0 Å². The van der Waals surface area contributed by atoms with Gasteiger partial charge in [-0.25, -0.2) is 13.5 Å². The molecule has 2 aromatic carbocycles. The number of rotatable bonds is 5. The van der Waals surface area contributed by atoms with Gasteiger partial charge in [0.25, 0.3) is 5.91 Å². The molecule has 0 aliphatic carbocycles. The fourth-order valence-electron chi connectivity index (χ4n) is 3.25. The number of hydrogen-bond donors (Lipinski definition) is 2. The van der Waals surface area contributed by atoms with Gasteiger partial charge in [0, 0.05) is 0 Å². The number of nitrogens with zero attached hydrogens (tertiary/aromatic N) is 1. The van der Waals surface area contributed by atoms with Crippen molar-refractivity contribution in [3.05, 3.63) is 54.1 Å². The molecule has 0 unspecified atom stereocenters. The zero-order chi connectivity index (χ0) is 19.8. The zero-order valence-electron chi connectivity index (χ0n) is 15.6. The SMILES string of the molecule is Cc1ccc(-c2ccc(S(=O)(=O)N[C@@H]3C[C@H](C(C)C)N(O)C3=O)cc2)cc1. The van der Waals surface area contributed by atoms with E-state index in [0.717, 1.165) is 16.7 Å². The molecule has 3 rings (SSSR count). The fraction of sp³-hybridized carbons (Fsp3) is 0.350. The maximum absolute atomic E-state index is 12.6. The largest absolute Gasteiger partial charge is 0.286 e. The van der Waals surface area contributed by atoms with Crippen LogP contribution in [-0.2, 0) is 14.8 Å². The number of carbonyl (C=O) groups is 1. The Morgan fingerprint density at radius 2 is 1.56 bits per heavy atom. The summed E-state index contributed by atoms with van der Waals surface area (Å²) in [6.45, 7) is 5.76. The number of sulfonamides is 1. The van der Waals surface area contributed by atoms with Crippen molar-refractivity contribution >= 4 is 15.9 Å². The Kier molecular flexibility index (Phi) is 5.37. The van der Waals surface area contributed by atoms with E-state index in [0.29, 0.717) is 5.06 Å². The van der Waals surface area contributed by atoms with E-state index in [2.05, 4.69) is 4.72 Å².